The minimum absolute atomic E-state index is 0.0193. The van der Waals surface area contributed by atoms with Crippen LogP contribution in [0.15, 0.2) is 4.34 Å². The standard InChI is InChI=1S/C10H19N5O2S2/c1-10(2,3)14-4-6-15(7-5-14)19(16,17)9-13-12-8(11)18-9/h4-7H2,1-3H3,(H2,11,12). The monoisotopic (exact) mass is 305 g/mol. The zero-order valence-corrected chi connectivity index (χ0v) is 13.0. The van der Waals surface area contributed by atoms with Gasteiger partial charge in [-0.3, -0.25) is 4.90 Å². The van der Waals surface area contributed by atoms with E-state index in [1.54, 1.807) is 0 Å². The fourth-order valence-corrected chi connectivity index (χ4v) is 4.38. The van der Waals surface area contributed by atoms with Crippen molar-refractivity contribution in [2.75, 3.05) is 31.9 Å². The molecule has 0 bridgehead atoms. The molecule has 108 valence electrons. The molecule has 2 rings (SSSR count). The van der Waals surface area contributed by atoms with Crippen molar-refractivity contribution in [1.29, 1.82) is 0 Å². The molecule has 9 heteroatoms. The minimum Gasteiger partial charge on any atom is -0.374 e. The lowest BCUT2D eigenvalue weighted by molar-refractivity contribution is 0.0921. The molecule has 0 aliphatic carbocycles. The Morgan fingerprint density at radius 3 is 2.16 bits per heavy atom. The van der Waals surface area contributed by atoms with Gasteiger partial charge in [0, 0.05) is 31.7 Å². The van der Waals surface area contributed by atoms with Crippen molar-refractivity contribution in [3.05, 3.63) is 0 Å². The maximum Gasteiger partial charge on any atom is 0.272 e. The van der Waals surface area contributed by atoms with Gasteiger partial charge >= 0.3 is 0 Å². The van der Waals surface area contributed by atoms with Crippen LogP contribution in [0.4, 0.5) is 5.13 Å². The number of sulfonamides is 1. The van der Waals surface area contributed by atoms with Crippen LogP contribution < -0.4 is 5.73 Å². The van der Waals surface area contributed by atoms with E-state index in [-0.39, 0.29) is 15.0 Å². The van der Waals surface area contributed by atoms with Crippen molar-refractivity contribution in [2.24, 2.45) is 0 Å². The zero-order valence-electron chi connectivity index (χ0n) is 11.3. The first-order valence-corrected chi connectivity index (χ1v) is 8.31. The van der Waals surface area contributed by atoms with Crippen LogP contribution in [-0.2, 0) is 10.0 Å². The molecule has 19 heavy (non-hydrogen) atoms. The number of piperazine rings is 1. The van der Waals surface area contributed by atoms with Crippen LogP contribution in [0.1, 0.15) is 20.8 Å². The lowest BCUT2D eigenvalue weighted by atomic mass is 10.1. The molecule has 0 atom stereocenters. The summed E-state index contributed by atoms with van der Waals surface area (Å²) in [7, 11) is -3.54. The van der Waals surface area contributed by atoms with Crippen molar-refractivity contribution in [1.82, 2.24) is 19.4 Å². The third-order valence-corrected chi connectivity index (χ3v) is 6.17. The van der Waals surface area contributed by atoms with E-state index in [1.165, 1.54) is 4.31 Å². The van der Waals surface area contributed by atoms with Gasteiger partial charge in [-0.1, -0.05) is 11.3 Å². The average Bonchev–Trinajstić information content (AvgIpc) is 2.76. The highest BCUT2D eigenvalue weighted by Gasteiger charge is 2.34. The van der Waals surface area contributed by atoms with Gasteiger partial charge in [0.2, 0.25) is 9.47 Å². The highest BCUT2D eigenvalue weighted by molar-refractivity contribution is 7.91. The Morgan fingerprint density at radius 1 is 1.16 bits per heavy atom. The van der Waals surface area contributed by atoms with E-state index in [0.717, 1.165) is 24.4 Å². The highest BCUT2D eigenvalue weighted by atomic mass is 32.2. The summed E-state index contributed by atoms with van der Waals surface area (Å²) < 4.78 is 26.1. The number of nitrogens with zero attached hydrogens (tertiary/aromatic N) is 4. The van der Waals surface area contributed by atoms with Crippen molar-refractivity contribution >= 4 is 26.5 Å². The SMILES string of the molecule is CC(C)(C)N1CCN(S(=O)(=O)c2nnc(N)s2)CC1. The van der Waals surface area contributed by atoms with Gasteiger partial charge in [0.1, 0.15) is 0 Å². The van der Waals surface area contributed by atoms with Crippen molar-refractivity contribution in [3.63, 3.8) is 0 Å². The number of nitrogens with two attached hydrogens (primary N) is 1. The average molecular weight is 305 g/mol. The summed E-state index contributed by atoms with van der Waals surface area (Å²) in [6.45, 7) is 8.76. The summed E-state index contributed by atoms with van der Waals surface area (Å²) in [6.07, 6.45) is 0. The molecule has 7 nitrogen and oxygen atoms in total. The smallest absolute Gasteiger partial charge is 0.272 e. The van der Waals surface area contributed by atoms with Crippen LogP contribution in [0, 0.1) is 0 Å². The van der Waals surface area contributed by atoms with Crippen LogP contribution in [0.25, 0.3) is 0 Å². The molecule has 0 unspecified atom stereocenters. The number of aromatic nitrogens is 2. The fourth-order valence-electron chi connectivity index (χ4n) is 2.03. The maximum atomic E-state index is 12.3. The van der Waals surface area contributed by atoms with Crippen molar-refractivity contribution < 1.29 is 8.42 Å². The van der Waals surface area contributed by atoms with E-state index in [9.17, 15) is 8.42 Å². The zero-order chi connectivity index (χ0) is 14.3. The first-order valence-electron chi connectivity index (χ1n) is 6.05. The Kier molecular flexibility index (Phi) is 3.83. The molecule has 1 aliphatic rings. The predicted molar refractivity (Wildman–Crippen MR) is 74.4 cm³/mol. The Bertz CT molecular complexity index is 541. The molecule has 1 aromatic rings. The third-order valence-electron chi connectivity index (χ3n) is 3.17. The lowest BCUT2D eigenvalue weighted by Crippen LogP contribution is -2.54. The summed E-state index contributed by atoms with van der Waals surface area (Å²) in [5.41, 5.74) is 5.50. The second-order valence-corrected chi connectivity index (χ2v) is 8.59. The number of anilines is 1. The molecule has 1 aliphatic heterocycles. The fraction of sp³-hybridized carbons (Fsp3) is 0.800. The molecule has 1 aromatic heterocycles. The van der Waals surface area contributed by atoms with E-state index in [1.807, 2.05) is 0 Å². The maximum absolute atomic E-state index is 12.3. The first-order chi connectivity index (χ1) is 8.71. The molecule has 2 heterocycles. The third kappa shape index (κ3) is 3.04. The molecular formula is C10H19N5O2S2. The summed E-state index contributed by atoms with van der Waals surface area (Å²) in [5.74, 6) is 0. The molecule has 0 radical (unpaired) electrons. The van der Waals surface area contributed by atoms with E-state index >= 15 is 0 Å². The van der Waals surface area contributed by atoms with Crippen LogP contribution in [0.3, 0.4) is 0 Å². The van der Waals surface area contributed by atoms with Gasteiger partial charge in [-0.15, -0.1) is 10.2 Å². The van der Waals surface area contributed by atoms with Crippen LogP contribution in [0.2, 0.25) is 0 Å². The molecule has 1 fully saturated rings. The summed E-state index contributed by atoms with van der Waals surface area (Å²) in [6, 6.07) is 0. The van der Waals surface area contributed by atoms with E-state index < -0.39 is 10.0 Å². The number of hydrogen-bond donors (Lipinski definition) is 1. The van der Waals surface area contributed by atoms with Gasteiger partial charge in [0.25, 0.3) is 10.0 Å². The molecule has 0 saturated carbocycles. The van der Waals surface area contributed by atoms with Crippen molar-refractivity contribution in [2.45, 2.75) is 30.6 Å². The van der Waals surface area contributed by atoms with Crippen LogP contribution >= 0.6 is 11.3 Å². The van der Waals surface area contributed by atoms with E-state index in [4.69, 9.17) is 5.73 Å². The first kappa shape index (κ1) is 14.6. The highest BCUT2D eigenvalue weighted by Crippen LogP contribution is 2.24. The van der Waals surface area contributed by atoms with Gasteiger partial charge in [0.15, 0.2) is 0 Å². The predicted octanol–water partition coefficient (Wildman–Crippen LogP) is 0.225. The van der Waals surface area contributed by atoms with Crippen LogP contribution in [-0.4, -0.2) is 59.5 Å². The lowest BCUT2D eigenvalue weighted by Gasteiger charge is -2.41. The number of rotatable bonds is 2. The molecular weight excluding hydrogens is 286 g/mol. The van der Waals surface area contributed by atoms with Gasteiger partial charge in [-0.05, 0) is 20.8 Å². The van der Waals surface area contributed by atoms with Gasteiger partial charge in [0.05, 0.1) is 0 Å². The van der Waals surface area contributed by atoms with E-state index in [0.29, 0.717) is 13.1 Å². The second kappa shape index (κ2) is 4.97. The summed E-state index contributed by atoms with van der Waals surface area (Å²) in [5, 5.41) is 7.37. The number of hydrogen-bond acceptors (Lipinski definition) is 7. The second-order valence-electron chi connectivity index (χ2n) is 5.47. The largest absolute Gasteiger partial charge is 0.374 e. The summed E-state index contributed by atoms with van der Waals surface area (Å²) in [4.78, 5) is 2.27. The molecule has 2 N–H and O–H groups in total. The molecule has 0 spiro atoms. The number of nitrogen functional groups attached to an aromatic ring is 1. The molecule has 1 saturated heterocycles. The Balaban J connectivity index is 2.09. The molecule has 0 aromatic carbocycles. The Morgan fingerprint density at radius 2 is 1.74 bits per heavy atom. The van der Waals surface area contributed by atoms with Gasteiger partial charge < -0.3 is 5.73 Å². The summed E-state index contributed by atoms with van der Waals surface area (Å²) >= 11 is 0.907. The van der Waals surface area contributed by atoms with Crippen molar-refractivity contribution in [3.8, 4) is 0 Å². The van der Waals surface area contributed by atoms with Crippen LogP contribution in [0.5, 0.6) is 0 Å². The Labute approximate surface area is 117 Å². The quantitative estimate of drug-likeness (QED) is 0.840. The topological polar surface area (TPSA) is 92.4 Å². The molecule has 0 amide bonds. The minimum atomic E-state index is -3.54. The van der Waals surface area contributed by atoms with Gasteiger partial charge in [-0.2, -0.15) is 4.31 Å². The van der Waals surface area contributed by atoms with Gasteiger partial charge in [-0.25, -0.2) is 8.42 Å². The Hall–Kier alpha value is -0.770. The van der Waals surface area contributed by atoms with E-state index in [2.05, 4.69) is 35.9 Å². The normalized spacial score (nSPS) is 19.7.